The van der Waals surface area contributed by atoms with Gasteiger partial charge in [-0.1, -0.05) is 12.2 Å². The first-order chi connectivity index (χ1) is 8.32. The summed E-state index contributed by atoms with van der Waals surface area (Å²) in [5, 5.41) is 12.1. The number of aromatic nitrogens is 4. The fourth-order valence-corrected chi connectivity index (χ4v) is 2.17. The quantitative estimate of drug-likeness (QED) is 0.772. The molecular weight excluding hydrogens is 252 g/mol. The number of nitrogens with zero attached hydrogens (tertiary/aromatic N) is 4. The monoisotopic (exact) mass is 270 g/mol. The molecule has 7 heteroatoms. The summed E-state index contributed by atoms with van der Waals surface area (Å²) < 4.78 is 22.3. The van der Waals surface area contributed by atoms with E-state index in [1.54, 1.807) is 13.8 Å². The summed E-state index contributed by atoms with van der Waals surface area (Å²) >= 11 is 0. The van der Waals surface area contributed by atoms with Gasteiger partial charge in [-0.25, -0.2) is 8.42 Å². The molecule has 0 amide bonds. The first-order valence-electron chi connectivity index (χ1n) is 5.98. The minimum atomic E-state index is -3.27. The lowest BCUT2D eigenvalue weighted by Crippen LogP contribution is -2.29. The molecule has 1 aliphatic rings. The van der Waals surface area contributed by atoms with Gasteiger partial charge in [0.25, 0.3) is 0 Å². The molecule has 2 rings (SSSR count). The third-order valence-electron chi connectivity index (χ3n) is 3.42. The van der Waals surface area contributed by atoms with Gasteiger partial charge in [-0.05, 0) is 38.3 Å². The summed E-state index contributed by atoms with van der Waals surface area (Å²) in [6.45, 7) is 3.20. The van der Waals surface area contributed by atoms with Crippen molar-refractivity contribution < 1.29 is 8.42 Å². The van der Waals surface area contributed by atoms with Crippen LogP contribution in [0.1, 0.15) is 45.0 Å². The predicted octanol–water partition coefficient (Wildman–Crippen LogP) is 1.23. The number of allylic oxidation sites excluding steroid dienone is 2. The van der Waals surface area contributed by atoms with Crippen LogP contribution < -0.4 is 0 Å². The zero-order valence-electron chi connectivity index (χ0n) is 10.9. The van der Waals surface area contributed by atoms with Crippen LogP contribution in [0.15, 0.2) is 12.2 Å². The van der Waals surface area contributed by atoms with E-state index in [0.29, 0.717) is 0 Å². The van der Waals surface area contributed by atoms with E-state index in [1.807, 2.05) is 6.08 Å². The van der Waals surface area contributed by atoms with Gasteiger partial charge in [-0.15, -0.1) is 10.2 Å². The molecule has 0 radical (unpaired) electrons. The van der Waals surface area contributed by atoms with Crippen LogP contribution in [-0.2, 0) is 14.6 Å². The normalized spacial score (nSPS) is 21.2. The maximum absolute atomic E-state index is 11.7. The van der Waals surface area contributed by atoms with Gasteiger partial charge >= 0.3 is 0 Å². The van der Waals surface area contributed by atoms with Crippen molar-refractivity contribution in [3.63, 3.8) is 0 Å². The average molecular weight is 270 g/mol. The summed E-state index contributed by atoms with van der Waals surface area (Å²) in [4.78, 5) is 1.51. The molecule has 0 aliphatic heterocycles. The Morgan fingerprint density at radius 3 is 2.72 bits per heavy atom. The third kappa shape index (κ3) is 2.31. The zero-order chi connectivity index (χ0) is 13.4. The summed E-state index contributed by atoms with van der Waals surface area (Å²) in [6, 6.07) is 0.0929. The van der Waals surface area contributed by atoms with Crippen LogP contribution in [0.25, 0.3) is 0 Å². The summed E-state index contributed by atoms with van der Waals surface area (Å²) in [6.07, 6.45) is 8.46. The van der Waals surface area contributed by atoms with Crippen molar-refractivity contribution in [2.24, 2.45) is 0 Å². The predicted molar refractivity (Wildman–Crippen MR) is 67.7 cm³/mol. The first kappa shape index (κ1) is 13.2. The van der Waals surface area contributed by atoms with Crippen molar-refractivity contribution in [3.05, 3.63) is 18.0 Å². The molecule has 0 bridgehead atoms. The van der Waals surface area contributed by atoms with Crippen LogP contribution >= 0.6 is 0 Å². The molecule has 1 heterocycles. The molecule has 0 spiro atoms. The largest absolute Gasteiger partial charge is 0.228 e. The van der Waals surface area contributed by atoms with Gasteiger partial charge in [-0.3, -0.25) is 0 Å². The van der Waals surface area contributed by atoms with Crippen molar-refractivity contribution in [1.29, 1.82) is 0 Å². The number of rotatable bonds is 3. The van der Waals surface area contributed by atoms with Gasteiger partial charge in [0.05, 0.1) is 6.04 Å². The lowest BCUT2D eigenvalue weighted by atomic mass is 10.0. The summed E-state index contributed by atoms with van der Waals surface area (Å²) in [5.74, 6) is 0.254. The first-order valence-corrected chi connectivity index (χ1v) is 7.88. The fraction of sp³-hybridized carbons (Fsp3) is 0.727. The Bertz CT molecular complexity index is 559. The van der Waals surface area contributed by atoms with Gasteiger partial charge in [0.2, 0.25) is 0 Å². The van der Waals surface area contributed by atoms with E-state index in [9.17, 15) is 8.42 Å². The second kappa shape index (κ2) is 4.46. The van der Waals surface area contributed by atoms with E-state index >= 15 is 0 Å². The van der Waals surface area contributed by atoms with Crippen molar-refractivity contribution in [1.82, 2.24) is 20.2 Å². The Morgan fingerprint density at radius 1 is 1.44 bits per heavy atom. The molecule has 0 saturated heterocycles. The lowest BCUT2D eigenvalue weighted by Gasteiger charge is -2.18. The topological polar surface area (TPSA) is 77.7 Å². The molecule has 0 fully saturated rings. The van der Waals surface area contributed by atoms with Crippen LogP contribution in [0.4, 0.5) is 0 Å². The molecule has 18 heavy (non-hydrogen) atoms. The minimum absolute atomic E-state index is 0.0929. The molecular formula is C11H18N4O2S. The van der Waals surface area contributed by atoms with Crippen molar-refractivity contribution in [3.8, 4) is 0 Å². The maximum atomic E-state index is 11.7. The highest BCUT2D eigenvalue weighted by Crippen LogP contribution is 2.26. The number of sulfone groups is 1. The summed E-state index contributed by atoms with van der Waals surface area (Å²) in [7, 11) is -3.27. The second-order valence-electron chi connectivity index (χ2n) is 5.14. The molecule has 1 unspecified atom stereocenters. The van der Waals surface area contributed by atoms with Crippen LogP contribution in [0.5, 0.6) is 0 Å². The van der Waals surface area contributed by atoms with Gasteiger partial charge in [0, 0.05) is 6.26 Å². The highest BCUT2D eigenvalue weighted by Gasteiger charge is 2.37. The van der Waals surface area contributed by atoms with Crippen LogP contribution in [0.2, 0.25) is 0 Å². The molecule has 1 aliphatic carbocycles. The Kier molecular flexibility index (Phi) is 3.27. The third-order valence-corrected chi connectivity index (χ3v) is 5.46. The molecule has 100 valence electrons. The van der Waals surface area contributed by atoms with E-state index in [-0.39, 0.29) is 11.9 Å². The minimum Gasteiger partial charge on any atom is -0.228 e. The Labute approximate surface area is 107 Å². The van der Waals surface area contributed by atoms with Gasteiger partial charge in [0.15, 0.2) is 15.7 Å². The standard InChI is InChI=1S/C11H18N4O2S/c1-11(2,18(3,16)17)10-12-14-15(13-10)9-7-5-4-6-8-9/h5,7,9H,4,6,8H2,1-3H3. The molecule has 1 atom stereocenters. The smallest absolute Gasteiger partial charge is 0.195 e. The lowest BCUT2D eigenvalue weighted by molar-refractivity contribution is 0.415. The Hall–Kier alpha value is -1.24. The van der Waals surface area contributed by atoms with Gasteiger partial charge in [0.1, 0.15) is 4.75 Å². The van der Waals surface area contributed by atoms with Crippen LogP contribution in [0, 0.1) is 0 Å². The van der Waals surface area contributed by atoms with Crippen molar-refractivity contribution in [2.75, 3.05) is 6.26 Å². The second-order valence-corrected chi connectivity index (χ2v) is 7.71. The van der Waals surface area contributed by atoms with E-state index in [1.165, 1.54) is 11.1 Å². The molecule has 0 aromatic carbocycles. The highest BCUT2D eigenvalue weighted by atomic mass is 32.2. The Morgan fingerprint density at radius 2 is 2.17 bits per heavy atom. The average Bonchev–Trinajstić information content (AvgIpc) is 2.78. The number of hydrogen-bond donors (Lipinski definition) is 0. The van der Waals surface area contributed by atoms with Gasteiger partial charge < -0.3 is 0 Å². The summed E-state index contributed by atoms with van der Waals surface area (Å²) in [5.41, 5.74) is 0. The van der Waals surface area contributed by atoms with Crippen molar-refractivity contribution in [2.45, 2.75) is 43.9 Å². The molecule has 1 aromatic heterocycles. The van der Waals surface area contributed by atoms with E-state index in [2.05, 4.69) is 21.5 Å². The molecule has 6 nitrogen and oxygen atoms in total. The maximum Gasteiger partial charge on any atom is 0.195 e. The van der Waals surface area contributed by atoms with E-state index in [0.717, 1.165) is 19.3 Å². The molecule has 0 saturated carbocycles. The van der Waals surface area contributed by atoms with E-state index in [4.69, 9.17) is 0 Å². The van der Waals surface area contributed by atoms with Crippen molar-refractivity contribution >= 4 is 9.84 Å². The number of hydrogen-bond acceptors (Lipinski definition) is 5. The molecule has 0 N–H and O–H groups in total. The number of tetrazole rings is 1. The van der Waals surface area contributed by atoms with Crippen LogP contribution in [0.3, 0.4) is 0 Å². The molecule has 1 aromatic rings. The zero-order valence-corrected chi connectivity index (χ0v) is 11.7. The highest BCUT2D eigenvalue weighted by molar-refractivity contribution is 7.91. The van der Waals surface area contributed by atoms with Gasteiger partial charge in [-0.2, -0.15) is 4.80 Å². The van der Waals surface area contributed by atoms with E-state index < -0.39 is 14.6 Å². The fourth-order valence-electron chi connectivity index (χ4n) is 1.76. The SMILES string of the molecule is CC(C)(c1nnn(C2C=CCCC2)n1)S(C)(=O)=O. The Balaban J connectivity index is 2.31. The van der Waals surface area contributed by atoms with Crippen LogP contribution in [-0.4, -0.2) is 34.9 Å².